The number of benzene rings is 2. The number of halogens is 5. The van der Waals surface area contributed by atoms with Crippen molar-refractivity contribution in [1.82, 2.24) is 9.80 Å². The summed E-state index contributed by atoms with van der Waals surface area (Å²) in [5.41, 5.74) is -4.62. The molecule has 3 aliphatic heterocycles. The molecular weight excluding hydrogens is 689 g/mol. The Kier molecular flexibility index (Phi) is 11.1. The highest BCUT2D eigenvalue weighted by molar-refractivity contribution is 5.88. The van der Waals surface area contributed by atoms with Crippen LogP contribution in [0.1, 0.15) is 67.1 Å². The van der Waals surface area contributed by atoms with Crippen LogP contribution in [0.25, 0.3) is 0 Å². The molecule has 1 saturated carbocycles. The fraction of sp³-hybridized carbons (Fsp3) is 0.632. The topological polar surface area (TPSA) is 91.8 Å². The SMILES string of the molecule is COC[C@@]1(F)CN(C(=O)[C@]2(F)CN([C@H]3CC[C@H](OC)CC3)C[C@H]2c2ccc(OC)cc2)C[C@@H]1c1ccc(C(F)(F)F)cc1N1CCC(C(=O)O)CC1. The molecule has 0 unspecified atom stereocenters. The van der Waals surface area contributed by atoms with Gasteiger partial charge in [-0.2, -0.15) is 13.2 Å². The van der Waals surface area contributed by atoms with E-state index in [0.717, 1.165) is 37.8 Å². The lowest BCUT2D eigenvalue weighted by molar-refractivity contribution is -0.144. The van der Waals surface area contributed by atoms with Crippen LogP contribution in [0.5, 0.6) is 5.75 Å². The van der Waals surface area contributed by atoms with Gasteiger partial charge in [0.15, 0.2) is 5.67 Å². The number of hydrogen-bond acceptors (Lipinski definition) is 7. The van der Waals surface area contributed by atoms with Crippen molar-refractivity contribution in [2.24, 2.45) is 5.92 Å². The van der Waals surface area contributed by atoms with Gasteiger partial charge in [0.1, 0.15) is 5.75 Å². The van der Waals surface area contributed by atoms with Gasteiger partial charge in [-0.1, -0.05) is 18.2 Å². The number of alkyl halides is 5. The highest BCUT2D eigenvalue weighted by Crippen LogP contribution is 2.49. The molecule has 0 aromatic heterocycles. The number of methoxy groups -OCH3 is 3. The maximum atomic E-state index is 17.8. The molecule has 2 aromatic rings. The van der Waals surface area contributed by atoms with Crippen molar-refractivity contribution >= 4 is 17.6 Å². The maximum Gasteiger partial charge on any atom is 0.416 e. The van der Waals surface area contributed by atoms with E-state index < -0.39 is 65.9 Å². The summed E-state index contributed by atoms with van der Waals surface area (Å²) in [5.74, 6) is -3.90. The predicted molar refractivity (Wildman–Crippen MR) is 183 cm³/mol. The van der Waals surface area contributed by atoms with E-state index in [4.69, 9.17) is 14.2 Å². The zero-order valence-electron chi connectivity index (χ0n) is 29.8. The second kappa shape index (κ2) is 15.1. The lowest BCUT2D eigenvalue weighted by atomic mass is 9.84. The first-order valence-corrected chi connectivity index (χ1v) is 18.0. The molecule has 4 atom stereocenters. The Morgan fingerprint density at radius 3 is 2.13 bits per heavy atom. The van der Waals surface area contributed by atoms with Crippen LogP contribution >= 0.6 is 0 Å². The van der Waals surface area contributed by atoms with E-state index in [9.17, 15) is 27.9 Å². The molecular formula is C38H48F5N3O6. The summed E-state index contributed by atoms with van der Waals surface area (Å²) in [6, 6.07) is 10.1. The van der Waals surface area contributed by atoms with Crippen molar-refractivity contribution in [3.8, 4) is 5.75 Å². The second-order valence-corrected chi connectivity index (χ2v) is 14.9. The first kappa shape index (κ1) is 38.2. The van der Waals surface area contributed by atoms with Gasteiger partial charge in [-0.15, -0.1) is 0 Å². The van der Waals surface area contributed by atoms with Gasteiger partial charge in [-0.3, -0.25) is 14.5 Å². The molecule has 1 N–H and O–H groups in total. The van der Waals surface area contributed by atoms with Crippen molar-refractivity contribution in [2.45, 2.75) is 80.0 Å². The normalized spacial score (nSPS) is 30.5. The van der Waals surface area contributed by atoms with Gasteiger partial charge in [0.25, 0.3) is 5.91 Å². The molecule has 0 spiro atoms. The third kappa shape index (κ3) is 7.48. The van der Waals surface area contributed by atoms with E-state index in [-0.39, 0.29) is 69.0 Å². The number of amides is 1. The Bertz CT molecular complexity index is 1580. The van der Waals surface area contributed by atoms with Crippen LogP contribution in [0.3, 0.4) is 0 Å². The van der Waals surface area contributed by atoms with Crippen LogP contribution in [0.2, 0.25) is 0 Å². The van der Waals surface area contributed by atoms with E-state index in [0.29, 0.717) is 11.3 Å². The van der Waals surface area contributed by atoms with Gasteiger partial charge in [-0.25, -0.2) is 8.78 Å². The van der Waals surface area contributed by atoms with Gasteiger partial charge < -0.3 is 29.1 Å². The molecule has 52 heavy (non-hydrogen) atoms. The standard InChI is InChI=1S/C38H48F5N3O6/c1-50-23-36(39)21-46(20-32(36)30-13-6-26(38(41,42)43)18-33(30)44-16-14-25(15-17-44)34(47)48)35(49)37(40)22-45(27-7-11-29(52-3)12-8-27)19-31(37)24-4-9-28(51-2)10-5-24/h4-6,9-10,13,18,25,27,29,31-32H,7-8,11-12,14-17,19-23H2,1-3H3,(H,47,48)/t27-,29-,31-,32+,36-,37-/m0/s1. The molecule has 4 aliphatic rings. The Balaban J connectivity index is 1.33. The van der Waals surface area contributed by atoms with Gasteiger partial charge in [0, 0.05) is 70.5 Å². The maximum absolute atomic E-state index is 17.8. The summed E-state index contributed by atoms with van der Waals surface area (Å²) in [5, 5.41) is 9.51. The molecule has 286 valence electrons. The Morgan fingerprint density at radius 2 is 1.56 bits per heavy atom. The Labute approximate surface area is 301 Å². The molecule has 14 heteroatoms. The van der Waals surface area contributed by atoms with E-state index in [1.54, 1.807) is 36.3 Å². The molecule has 3 heterocycles. The van der Waals surface area contributed by atoms with E-state index >= 15 is 8.78 Å². The number of nitrogens with zero attached hydrogens (tertiary/aromatic N) is 3. The minimum absolute atomic E-state index is 0.0395. The summed E-state index contributed by atoms with van der Waals surface area (Å²) < 4.78 is 93.2. The second-order valence-electron chi connectivity index (χ2n) is 14.9. The molecule has 9 nitrogen and oxygen atoms in total. The molecule has 4 fully saturated rings. The predicted octanol–water partition coefficient (Wildman–Crippen LogP) is 6.06. The van der Waals surface area contributed by atoms with E-state index in [2.05, 4.69) is 0 Å². The number of piperidine rings is 1. The van der Waals surface area contributed by atoms with Crippen molar-refractivity contribution in [3.05, 3.63) is 59.2 Å². The minimum atomic E-state index is -4.68. The summed E-state index contributed by atoms with van der Waals surface area (Å²) in [7, 11) is 4.51. The van der Waals surface area contributed by atoms with Crippen molar-refractivity contribution in [2.75, 3.05) is 72.1 Å². The van der Waals surface area contributed by atoms with Crippen LogP contribution < -0.4 is 9.64 Å². The van der Waals surface area contributed by atoms with Gasteiger partial charge >= 0.3 is 12.1 Å². The quantitative estimate of drug-likeness (QED) is 0.295. The highest BCUT2D eigenvalue weighted by atomic mass is 19.4. The van der Waals surface area contributed by atoms with Crippen molar-refractivity contribution < 1.29 is 50.9 Å². The summed E-state index contributed by atoms with van der Waals surface area (Å²) >= 11 is 0. The first-order chi connectivity index (χ1) is 24.7. The molecule has 6 rings (SSSR count). The number of carbonyl (C=O) groups excluding carboxylic acids is 1. The van der Waals surface area contributed by atoms with Crippen LogP contribution in [0.4, 0.5) is 27.6 Å². The monoisotopic (exact) mass is 737 g/mol. The smallest absolute Gasteiger partial charge is 0.416 e. The fourth-order valence-electron chi connectivity index (χ4n) is 8.91. The molecule has 1 amide bonds. The molecule has 0 radical (unpaired) electrons. The Morgan fingerprint density at radius 1 is 0.885 bits per heavy atom. The largest absolute Gasteiger partial charge is 0.497 e. The fourth-order valence-corrected chi connectivity index (χ4v) is 8.91. The zero-order valence-corrected chi connectivity index (χ0v) is 29.8. The minimum Gasteiger partial charge on any atom is -0.497 e. The number of carbonyl (C=O) groups is 2. The van der Waals surface area contributed by atoms with Gasteiger partial charge in [-0.05, 0) is 73.9 Å². The van der Waals surface area contributed by atoms with Crippen molar-refractivity contribution in [1.29, 1.82) is 0 Å². The van der Waals surface area contributed by atoms with E-state index in [1.165, 1.54) is 25.2 Å². The van der Waals surface area contributed by atoms with Crippen LogP contribution in [-0.4, -0.2) is 117 Å². The summed E-state index contributed by atoms with van der Waals surface area (Å²) in [4.78, 5) is 31.1. The lowest BCUT2D eigenvalue weighted by Gasteiger charge is -2.36. The van der Waals surface area contributed by atoms with Crippen LogP contribution in [-0.2, 0) is 25.2 Å². The van der Waals surface area contributed by atoms with Crippen LogP contribution in [0, 0.1) is 5.92 Å². The number of carboxylic acids is 1. The summed E-state index contributed by atoms with van der Waals surface area (Å²) in [6.45, 7) is -0.845. The lowest BCUT2D eigenvalue weighted by Crippen LogP contribution is -2.51. The third-order valence-electron chi connectivity index (χ3n) is 11.8. The number of likely N-dealkylation sites (tertiary alicyclic amines) is 2. The third-order valence-corrected chi connectivity index (χ3v) is 11.8. The number of aliphatic carboxylic acids is 1. The van der Waals surface area contributed by atoms with Crippen molar-refractivity contribution in [3.63, 3.8) is 0 Å². The molecule has 1 aliphatic carbocycles. The number of rotatable bonds is 10. The molecule has 0 bridgehead atoms. The number of hydrogen-bond donors (Lipinski definition) is 1. The molecule has 2 aromatic carbocycles. The first-order valence-electron chi connectivity index (χ1n) is 18.0. The number of ether oxygens (including phenoxy) is 3. The zero-order chi connectivity index (χ0) is 37.4. The molecule has 3 saturated heterocycles. The number of anilines is 1. The van der Waals surface area contributed by atoms with Gasteiger partial charge in [0.2, 0.25) is 5.67 Å². The van der Waals surface area contributed by atoms with Gasteiger partial charge in [0.05, 0.1) is 37.8 Å². The van der Waals surface area contributed by atoms with Crippen LogP contribution in [0.15, 0.2) is 42.5 Å². The average molecular weight is 738 g/mol. The summed E-state index contributed by atoms with van der Waals surface area (Å²) in [6.07, 6.45) is -0.936. The average Bonchev–Trinajstić information content (AvgIpc) is 3.68. The Hall–Kier alpha value is -3.49. The highest BCUT2D eigenvalue weighted by Gasteiger charge is 2.60. The van der Waals surface area contributed by atoms with E-state index in [1.807, 2.05) is 4.90 Å². The number of carboxylic acid groups (broad SMARTS) is 1.